The van der Waals surface area contributed by atoms with Crippen molar-refractivity contribution in [2.75, 3.05) is 0 Å². The molecule has 1 heterocycles. The second kappa shape index (κ2) is 6.95. The molecular weight excluding hydrogens is 284 g/mol. The highest BCUT2D eigenvalue weighted by atomic mass is 32.1. The SMILES string of the molecule is CC(=O)c1c(C)cccc1/C=N/NC(=O)Cc1cccs1. The molecule has 0 saturated heterocycles. The lowest BCUT2D eigenvalue weighted by atomic mass is 10.00. The molecule has 1 N–H and O–H groups in total. The molecule has 1 aromatic carbocycles. The van der Waals surface area contributed by atoms with Gasteiger partial charge in [-0.25, -0.2) is 5.43 Å². The Balaban J connectivity index is 2.03. The predicted molar refractivity (Wildman–Crippen MR) is 84.9 cm³/mol. The highest BCUT2D eigenvalue weighted by Gasteiger charge is 2.08. The van der Waals surface area contributed by atoms with Crippen molar-refractivity contribution in [3.63, 3.8) is 0 Å². The normalized spacial score (nSPS) is 10.8. The van der Waals surface area contributed by atoms with Crippen molar-refractivity contribution in [2.24, 2.45) is 5.10 Å². The number of aryl methyl sites for hydroxylation is 1. The maximum atomic E-state index is 11.7. The Kier molecular flexibility index (Phi) is 5.00. The van der Waals surface area contributed by atoms with Crippen LogP contribution in [0.1, 0.15) is 33.3 Å². The van der Waals surface area contributed by atoms with E-state index in [1.807, 2.05) is 36.6 Å². The molecule has 0 aliphatic carbocycles. The molecule has 0 spiro atoms. The molecule has 0 radical (unpaired) electrons. The zero-order chi connectivity index (χ0) is 15.2. The summed E-state index contributed by atoms with van der Waals surface area (Å²) in [4.78, 5) is 24.3. The second-order valence-electron chi connectivity index (χ2n) is 4.64. The fourth-order valence-corrected chi connectivity index (χ4v) is 2.77. The average Bonchev–Trinajstić information content (AvgIpc) is 2.91. The van der Waals surface area contributed by atoms with Gasteiger partial charge in [-0.15, -0.1) is 11.3 Å². The van der Waals surface area contributed by atoms with Gasteiger partial charge >= 0.3 is 0 Å². The van der Waals surface area contributed by atoms with E-state index in [9.17, 15) is 9.59 Å². The van der Waals surface area contributed by atoms with E-state index in [-0.39, 0.29) is 11.7 Å². The Morgan fingerprint density at radius 1 is 1.29 bits per heavy atom. The van der Waals surface area contributed by atoms with Gasteiger partial charge in [0.25, 0.3) is 0 Å². The van der Waals surface area contributed by atoms with Gasteiger partial charge < -0.3 is 0 Å². The first-order chi connectivity index (χ1) is 10.1. The van der Waals surface area contributed by atoms with Crippen molar-refractivity contribution in [1.29, 1.82) is 0 Å². The lowest BCUT2D eigenvalue weighted by Crippen LogP contribution is -2.19. The highest BCUT2D eigenvalue weighted by molar-refractivity contribution is 7.10. The standard InChI is InChI=1S/C16H16N2O2S/c1-11-5-3-6-13(16(11)12(2)19)10-17-18-15(20)9-14-7-4-8-21-14/h3-8,10H,9H2,1-2H3,(H,18,20)/b17-10+. The van der Waals surface area contributed by atoms with Gasteiger partial charge in [0.1, 0.15) is 0 Å². The molecule has 1 aromatic heterocycles. The first-order valence-electron chi connectivity index (χ1n) is 6.53. The van der Waals surface area contributed by atoms with Crippen molar-refractivity contribution in [3.05, 3.63) is 57.3 Å². The van der Waals surface area contributed by atoms with Crippen LogP contribution in [0.3, 0.4) is 0 Å². The van der Waals surface area contributed by atoms with Gasteiger partial charge in [0.05, 0.1) is 12.6 Å². The van der Waals surface area contributed by atoms with Crippen LogP contribution in [0.5, 0.6) is 0 Å². The number of carbonyl (C=O) groups excluding carboxylic acids is 2. The number of amides is 1. The van der Waals surface area contributed by atoms with Crippen LogP contribution in [0.4, 0.5) is 0 Å². The van der Waals surface area contributed by atoms with Crippen LogP contribution in [-0.4, -0.2) is 17.9 Å². The van der Waals surface area contributed by atoms with Crippen LogP contribution in [-0.2, 0) is 11.2 Å². The predicted octanol–water partition coefficient (Wildman–Crippen LogP) is 2.95. The molecule has 108 valence electrons. The molecule has 4 nitrogen and oxygen atoms in total. The molecule has 2 aromatic rings. The van der Waals surface area contributed by atoms with E-state index in [0.29, 0.717) is 17.5 Å². The largest absolute Gasteiger partial charge is 0.294 e. The van der Waals surface area contributed by atoms with Crippen molar-refractivity contribution < 1.29 is 9.59 Å². The molecule has 0 unspecified atom stereocenters. The molecule has 0 bridgehead atoms. The highest BCUT2D eigenvalue weighted by Crippen LogP contribution is 2.13. The van der Waals surface area contributed by atoms with E-state index < -0.39 is 0 Å². The maximum absolute atomic E-state index is 11.7. The lowest BCUT2D eigenvalue weighted by Gasteiger charge is -2.05. The van der Waals surface area contributed by atoms with E-state index in [2.05, 4.69) is 10.5 Å². The number of Topliss-reactive ketones (excluding diaryl/α,β-unsaturated/α-hetero) is 1. The number of nitrogens with one attached hydrogen (secondary N) is 1. The third-order valence-corrected chi connectivity index (χ3v) is 3.84. The number of hydrogen-bond acceptors (Lipinski definition) is 4. The molecule has 0 saturated carbocycles. The molecule has 0 atom stereocenters. The summed E-state index contributed by atoms with van der Waals surface area (Å²) >= 11 is 1.53. The topological polar surface area (TPSA) is 58.5 Å². The third kappa shape index (κ3) is 4.10. The molecule has 5 heteroatoms. The van der Waals surface area contributed by atoms with Gasteiger partial charge in [-0.2, -0.15) is 5.10 Å². The van der Waals surface area contributed by atoms with E-state index in [0.717, 1.165) is 10.4 Å². The first kappa shape index (κ1) is 15.1. The van der Waals surface area contributed by atoms with Crippen molar-refractivity contribution in [3.8, 4) is 0 Å². The second-order valence-corrected chi connectivity index (χ2v) is 5.68. The van der Waals surface area contributed by atoms with Crippen LogP contribution in [0.15, 0.2) is 40.8 Å². The van der Waals surface area contributed by atoms with Crippen molar-refractivity contribution in [2.45, 2.75) is 20.3 Å². The number of rotatable bonds is 5. The smallest absolute Gasteiger partial charge is 0.245 e. The molecule has 21 heavy (non-hydrogen) atoms. The van der Waals surface area contributed by atoms with Gasteiger partial charge in [-0.1, -0.05) is 24.3 Å². The minimum atomic E-state index is -0.175. The number of hydrogen-bond donors (Lipinski definition) is 1. The van der Waals surface area contributed by atoms with Gasteiger partial charge in [0, 0.05) is 16.0 Å². The molecule has 0 fully saturated rings. The van der Waals surface area contributed by atoms with E-state index in [1.54, 1.807) is 6.07 Å². The van der Waals surface area contributed by atoms with Gasteiger partial charge in [-0.05, 0) is 30.9 Å². The Morgan fingerprint density at radius 2 is 2.10 bits per heavy atom. The van der Waals surface area contributed by atoms with Crippen LogP contribution >= 0.6 is 11.3 Å². The molecule has 0 aliphatic heterocycles. The Labute approximate surface area is 127 Å². The molecule has 2 rings (SSSR count). The summed E-state index contributed by atoms with van der Waals surface area (Å²) in [5, 5.41) is 5.86. The monoisotopic (exact) mass is 300 g/mol. The number of benzene rings is 1. The van der Waals surface area contributed by atoms with Gasteiger partial charge in [-0.3, -0.25) is 9.59 Å². The van der Waals surface area contributed by atoms with Crippen LogP contribution in [0.25, 0.3) is 0 Å². The number of carbonyl (C=O) groups is 2. The number of ketones is 1. The molecular formula is C16H16N2O2S. The molecule has 1 amide bonds. The average molecular weight is 300 g/mol. The first-order valence-corrected chi connectivity index (χ1v) is 7.40. The van der Waals surface area contributed by atoms with Gasteiger partial charge in [0.2, 0.25) is 5.91 Å². The maximum Gasteiger partial charge on any atom is 0.245 e. The summed E-state index contributed by atoms with van der Waals surface area (Å²) in [6, 6.07) is 9.35. The summed E-state index contributed by atoms with van der Waals surface area (Å²) in [5.41, 5.74) is 4.72. The number of nitrogens with zero attached hydrogens (tertiary/aromatic N) is 1. The number of hydrazone groups is 1. The van der Waals surface area contributed by atoms with Crippen molar-refractivity contribution >= 4 is 29.2 Å². The quantitative estimate of drug-likeness (QED) is 0.524. The zero-order valence-corrected chi connectivity index (χ0v) is 12.7. The van der Waals surface area contributed by atoms with E-state index >= 15 is 0 Å². The van der Waals surface area contributed by atoms with Crippen LogP contribution < -0.4 is 5.43 Å². The zero-order valence-electron chi connectivity index (χ0n) is 11.9. The van der Waals surface area contributed by atoms with Crippen LogP contribution in [0.2, 0.25) is 0 Å². The fourth-order valence-electron chi connectivity index (χ4n) is 2.06. The summed E-state index contributed by atoms with van der Waals surface area (Å²) in [6.45, 7) is 3.40. The summed E-state index contributed by atoms with van der Waals surface area (Å²) in [6.07, 6.45) is 1.82. The van der Waals surface area contributed by atoms with Crippen LogP contribution in [0, 0.1) is 6.92 Å². The lowest BCUT2D eigenvalue weighted by molar-refractivity contribution is -0.120. The van der Waals surface area contributed by atoms with E-state index in [4.69, 9.17) is 0 Å². The minimum absolute atomic E-state index is 0.0144. The third-order valence-electron chi connectivity index (χ3n) is 2.96. The fraction of sp³-hybridized carbons (Fsp3) is 0.188. The number of thiophene rings is 1. The Hall–Kier alpha value is -2.27. The summed E-state index contributed by atoms with van der Waals surface area (Å²) < 4.78 is 0. The Morgan fingerprint density at radius 3 is 2.76 bits per heavy atom. The minimum Gasteiger partial charge on any atom is -0.294 e. The Bertz CT molecular complexity index is 676. The van der Waals surface area contributed by atoms with Crippen molar-refractivity contribution in [1.82, 2.24) is 5.43 Å². The van der Waals surface area contributed by atoms with Gasteiger partial charge in [0.15, 0.2) is 5.78 Å². The summed E-state index contributed by atoms with van der Waals surface area (Å²) in [7, 11) is 0. The summed E-state index contributed by atoms with van der Waals surface area (Å²) in [5.74, 6) is -0.190. The van der Waals surface area contributed by atoms with E-state index in [1.165, 1.54) is 24.5 Å². The molecule has 0 aliphatic rings.